The number of hydrogen-bond acceptors (Lipinski definition) is 4. The van der Waals surface area contributed by atoms with E-state index >= 15 is 0 Å². The molecule has 1 atom stereocenters. The predicted octanol–water partition coefficient (Wildman–Crippen LogP) is 0.765. The molecule has 0 radical (unpaired) electrons. The van der Waals surface area contributed by atoms with E-state index in [1.165, 1.54) is 0 Å². The van der Waals surface area contributed by atoms with E-state index in [-0.39, 0.29) is 12.6 Å². The largest absolute Gasteiger partial charge is 0.396 e. The predicted molar refractivity (Wildman–Crippen MR) is 53.6 cm³/mol. The average Bonchev–Trinajstić information content (AvgIpc) is 2.09. The van der Waals surface area contributed by atoms with Crippen molar-refractivity contribution in [1.82, 2.24) is 4.98 Å². The van der Waals surface area contributed by atoms with E-state index in [9.17, 15) is 0 Å². The summed E-state index contributed by atoms with van der Waals surface area (Å²) in [6.45, 7) is 3.86. The average molecular weight is 181 g/mol. The maximum Gasteiger partial charge on any atom is 0.149 e. The molecule has 1 aromatic rings. The van der Waals surface area contributed by atoms with Crippen LogP contribution in [0.3, 0.4) is 0 Å². The number of aryl methyl sites for hydroxylation is 1. The third-order valence-corrected chi connectivity index (χ3v) is 1.71. The third-order valence-electron chi connectivity index (χ3n) is 1.71. The fourth-order valence-corrected chi connectivity index (χ4v) is 0.991. The Labute approximate surface area is 77.8 Å². The summed E-state index contributed by atoms with van der Waals surface area (Å²) in [5, 5.41) is 11.8. The van der Waals surface area contributed by atoms with Gasteiger partial charge in [-0.3, -0.25) is 0 Å². The molecule has 0 aliphatic heterocycles. The molecule has 0 bridgehead atoms. The molecule has 0 aromatic carbocycles. The van der Waals surface area contributed by atoms with Crippen LogP contribution in [-0.2, 0) is 0 Å². The molecule has 0 aliphatic carbocycles. The van der Waals surface area contributed by atoms with Crippen LogP contribution in [0.25, 0.3) is 0 Å². The van der Waals surface area contributed by atoms with Crippen molar-refractivity contribution in [2.45, 2.75) is 19.9 Å². The summed E-state index contributed by atoms with van der Waals surface area (Å²) in [6.07, 6.45) is 1.74. The first kappa shape index (κ1) is 9.80. The molecule has 0 amide bonds. The van der Waals surface area contributed by atoms with Crippen LogP contribution in [0.1, 0.15) is 12.5 Å². The highest BCUT2D eigenvalue weighted by Gasteiger charge is 2.04. The van der Waals surface area contributed by atoms with E-state index in [2.05, 4.69) is 10.3 Å². The molecule has 13 heavy (non-hydrogen) atoms. The van der Waals surface area contributed by atoms with E-state index in [0.717, 1.165) is 5.56 Å². The van der Waals surface area contributed by atoms with Gasteiger partial charge in [0.25, 0.3) is 0 Å². The molecule has 1 rings (SSSR count). The van der Waals surface area contributed by atoms with Crippen molar-refractivity contribution in [1.29, 1.82) is 0 Å². The molecule has 0 fully saturated rings. The number of nitrogens with two attached hydrogens (primary N) is 1. The van der Waals surface area contributed by atoms with Gasteiger partial charge in [0.1, 0.15) is 5.82 Å². The van der Waals surface area contributed by atoms with Gasteiger partial charge in [0.2, 0.25) is 0 Å². The molecule has 1 aromatic heterocycles. The number of nitrogen functional groups attached to an aromatic ring is 1. The Hall–Kier alpha value is -1.29. The van der Waals surface area contributed by atoms with Crippen LogP contribution >= 0.6 is 0 Å². The number of hydrogen-bond donors (Lipinski definition) is 3. The highest BCUT2D eigenvalue weighted by molar-refractivity contribution is 5.61. The van der Waals surface area contributed by atoms with Gasteiger partial charge in [0.05, 0.1) is 12.3 Å². The zero-order valence-corrected chi connectivity index (χ0v) is 7.91. The topological polar surface area (TPSA) is 71.2 Å². The lowest BCUT2D eigenvalue weighted by Crippen LogP contribution is -2.20. The summed E-state index contributed by atoms with van der Waals surface area (Å²) in [5.74, 6) is 0.632. The summed E-state index contributed by atoms with van der Waals surface area (Å²) in [4.78, 5) is 4.12. The number of aliphatic hydroxyl groups is 1. The fraction of sp³-hybridized carbons (Fsp3) is 0.444. The second-order valence-corrected chi connectivity index (χ2v) is 3.18. The van der Waals surface area contributed by atoms with Gasteiger partial charge < -0.3 is 16.2 Å². The van der Waals surface area contributed by atoms with Crippen LogP contribution in [0, 0.1) is 6.92 Å². The van der Waals surface area contributed by atoms with E-state index in [1.54, 1.807) is 6.20 Å². The normalized spacial score (nSPS) is 12.5. The quantitative estimate of drug-likeness (QED) is 0.644. The van der Waals surface area contributed by atoms with Crippen molar-refractivity contribution < 1.29 is 5.11 Å². The van der Waals surface area contributed by atoms with Gasteiger partial charge in [-0.15, -0.1) is 0 Å². The number of nitrogens with zero attached hydrogens (tertiary/aromatic N) is 1. The van der Waals surface area contributed by atoms with E-state index in [1.807, 2.05) is 19.9 Å². The first-order valence-corrected chi connectivity index (χ1v) is 4.23. The van der Waals surface area contributed by atoms with E-state index < -0.39 is 0 Å². The Morgan fingerprint density at radius 2 is 2.38 bits per heavy atom. The highest BCUT2D eigenvalue weighted by atomic mass is 16.3. The lowest BCUT2D eigenvalue weighted by molar-refractivity contribution is 0.281. The smallest absolute Gasteiger partial charge is 0.149 e. The van der Waals surface area contributed by atoms with Gasteiger partial charge in [-0.1, -0.05) is 0 Å². The molecular formula is C9H15N3O. The molecule has 0 saturated carbocycles. The van der Waals surface area contributed by atoms with Crippen LogP contribution in [0.15, 0.2) is 12.3 Å². The minimum atomic E-state index is -0.0301. The molecule has 1 heterocycles. The van der Waals surface area contributed by atoms with Crippen molar-refractivity contribution >= 4 is 11.5 Å². The first-order valence-electron chi connectivity index (χ1n) is 4.23. The SMILES string of the molecule is Cc1cnc(NC(C)CO)c(N)c1. The van der Waals surface area contributed by atoms with E-state index in [4.69, 9.17) is 10.8 Å². The Morgan fingerprint density at radius 3 is 2.92 bits per heavy atom. The Kier molecular flexibility index (Phi) is 3.08. The van der Waals surface area contributed by atoms with E-state index in [0.29, 0.717) is 11.5 Å². The van der Waals surface area contributed by atoms with Gasteiger partial charge in [0, 0.05) is 12.2 Å². The number of aromatic nitrogens is 1. The first-order chi connectivity index (χ1) is 6.13. The van der Waals surface area contributed by atoms with Gasteiger partial charge in [0.15, 0.2) is 0 Å². The van der Waals surface area contributed by atoms with Crippen LogP contribution in [0.5, 0.6) is 0 Å². The number of nitrogens with one attached hydrogen (secondary N) is 1. The third kappa shape index (κ3) is 2.59. The lowest BCUT2D eigenvalue weighted by Gasteiger charge is -2.13. The summed E-state index contributed by atoms with van der Waals surface area (Å²) in [7, 11) is 0. The van der Waals surface area contributed by atoms with Gasteiger partial charge in [-0.25, -0.2) is 4.98 Å². The summed E-state index contributed by atoms with van der Waals surface area (Å²) in [6, 6.07) is 1.82. The molecule has 0 aliphatic rings. The zero-order valence-electron chi connectivity index (χ0n) is 7.91. The molecule has 4 N–H and O–H groups in total. The number of aliphatic hydroxyl groups excluding tert-OH is 1. The molecule has 1 unspecified atom stereocenters. The Balaban J connectivity index is 2.77. The molecule has 4 heteroatoms. The van der Waals surface area contributed by atoms with Crippen LogP contribution < -0.4 is 11.1 Å². The van der Waals surface area contributed by atoms with Gasteiger partial charge >= 0.3 is 0 Å². The Bertz CT molecular complexity index is 288. The fourth-order valence-electron chi connectivity index (χ4n) is 0.991. The van der Waals surface area contributed by atoms with Gasteiger partial charge in [-0.05, 0) is 25.5 Å². The monoisotopic (exact) mass is 181 g/mol. The van der Waals surface area contributed by atoms with Crippen LogP contribution in [0.4, 0.5) is 11.5 Å². The molecule has 4 nitrogen and oxygen atoms in total. The second kappa shape index (κ2) is 4.09. The summed E-state index contributed by atoms with van der Waals surface area (Å²) in [5.41, 5.74) is 7.36. The lowest BCUT2D eigenvalue weighted by atomic mass is 10.2. The number of pyridine rings is 1. The van der Waals surface area contributed by atoms with Crippen LogP contribution in [-0.4, -0.2) is 22.7 Å². The Morgan fingerprint density at radius 1 is 1.69 bits per heavy atom. The van der Waals surface area contributed by atoms with Crippen molar-refractivity contribution in [3.8, 4) is 0 Å². The van der Waals surface area contributed by atoms with Crippen LogP contribution in [0.2, 0.25) is 0 Å². The molecule has 0 saturated heterocycles. The van der Waals surface area contributed by atoms with Gasteiger partial charge in [-0.2, -0.15) is 0 Å². The van der Waals surface area contributed by atoms with Crippen molar-refractivity contribution in [2.75, 3.05) is 17.7 Å². The molecular weight excluding hydrogens is 166 g/mol. The maximum atomic E-state index is 8.81. The number of rotatable bonds is 3. The summed E-state index contributed by atoms with van der Waals surface area (Å²) >= 11 is 0. The van der Waals surface area contributed by atoms with Crippen molar-refractivity contribution in [3.63, 3.8) is 0 Å². The maximum absolute atomic E-state index is 8.81. The highest BCUT2D eigenvalue weighted by Crippen LogP contribution is 2.16. The summed E-state index contributed by atoms with van der Waals surface area (Å²) < 4.78 is 0. The van der Waals surface area contributed by atoms with Crippen molar-refractivity contribution in [2.24, 2.45) is 0 Å². The van der Waals surface area contributed by atoms with Crippen molar-refractivity contribution in [3.05, 3.63) is 17.8 Å². The molecule has 72 valence electrons. The minimum Gasteiger partial charge on any atom is -0.396 e. The standard InChI is InChI=1S/C9H15N3O/c1-6-3-8(10)9(11-4-6)12-7(2)5-13/h3-4,7,13H,5,10H2,1-2H3,(H,11,12). The molecule has 0 spiro atoms. The second-order valence-electron chi connectivity index (χ2n) is 3.18. The number of anilines is 2. The zero-order chi connectivity index (χ0) is 9.84. The minimum absolute atomic E-state index is 0.0301.